The van der Waals surface area contributed by atoms with Gasteiger partial charge in [0.2, 0.25) is 0 Å². The van der Waals surface area contributed by atoms with Crippen molar-refractivity contribution in [3.8, 4) is 17.0 Å². The standard InChI is InChI=1S/C16H10ClNO4/c17-12-5-8(16(21)22)1-3-10(12)14-7-15(20)11-6-9(19)2-4-13(11)18-14/h1-7,19H,(H,18,20)(H,21,22). The van der Waals surface area contributed by atoms with E-state index in [-0.39, 0.29) is 21.8 Å². The lowest BCUT2D eigenvalue weighted by Gasteiger charge is -2.08. The van der Waals surface area contributed by atoms with Crippen LogP contribution in [-0.2, 0) is 0 Å². The van der Waals surface area contributed by atoms with Gasteiger partial charge in [0.05, 0.1) is 16.3 Å². The van der Waals surface area contributed by atoms with Crippen LogP contribution in [0.1, 0.15) is 10.4 Å². The first kappa shape index (κ1) is 14.2. The average Bonchev–Trinajstić information content (AvgIpc) is 2.47. The first-order valence-corrected chi connectivity index (χ1v) is 6.73. The van der Waals surface area contributed by atoms with Gasteiger partial charge in [0, 0.05) is 22.5 Å². The summed E-state index contributed by atoms with van der Waals surface area (Å²) in [4.78, 5) is 26.1. The molecule has 3 rings (SSSR count). The number of fused-ring (bicyclic) bond motifs is 1. The van der Waals surface area contributed by atoms with E-state index in [1.807, 2.05) is 0 Å². The number of aromatic carboxylic acids is 1. The number of carboxylic acids is 1. The Hall–Kier alpha value is -2.79. The summed E-state index contributed by atoms with van der Waals surface area (Å²) >= 11 is 6.11. The average molecular weight is 316 g/mol. The van der Waals surface area contributed by atoms with Crippen LogP contribution in [0.4, 0.5) is 0 Å². The van der Waals surface area contributed by atoms with Gasteiger partial charge in [-0.1, -0.05) is 17.7 Å². The van der Waals surface area contributed by atoms with Crippen molar-refractivity contribution in [3.05, 3.63) is 63.3 Å². The third-order valence-electron chi connectivity index (χ3n) is 3.32. The van der Waals surface area contributed by atoms with Gasteiger partial charge in [0.15, 0.2) is 5.43 Å². The van der Waals surface area contributed by atoms with Crippen LogP contribution < -0.4 is 5.43 Å². The number of phenolic OH excluding ortho intramolecular Hbond substituents is 1. The molecule has 110 valence electrons. The Bertz CT molecular complexity index is 962. The van der Waals surface area contributed by atoms with E-state index in [4.69, 9.17) is 16.7 Å². The molecule has 0 aliphatic carbocycles. The van der Waals surface area contributed by atoms with E-state index in [0.29, 0.717) is 22.2 Å². The van der Waals surface area contributed by atoms with Gasteiger partial charge >= 0.3 is 5.97 Å². The summed E-state index contributed by atoms with van der Waals surface area (Å²) in [7, 11) is 0. The van der Waals surface area contributed by atoms with E-state index in [0.717, 1.165) is 0 Å². The molecule has 22 heavy (non-hydrogen) atoms. The first-order valence-electron chi connectivity index (χ1n) is 6.35. The predicted octanol–water partition coefficient (Wildman–Crippen LogP) is 3.25. The molecule has 6 heteroatoms. The number of hydrogen-bond acceptors (Lipinski definition) is 3. The lowest BCUT2D eigenvalue weighted by atomic mass is 10.1. The number of rotatable bonds is 2. The Morgan fingerprint density at radius 1 is 1.09 bits per heavy atom. The molecule has 2 aromatic carbocycles. The monoisotopic (exact) mass is 315 g/mol. The van der Waals surface area contributed by atoms with Crippen LogP contribution in [0.5, 0.6) is 5.75 Å². The summed E-state index contributed by atoms with van der Waals surface area (Å²) in [5, 5.41) is 19.0. The number of phenols is 1. The minimum absolute atomic E-state index is 0.00888. The smallest absolute Gasteiger partial charge is 0.335 e. The molecule has 0 amide bonds. The molecule has 5 nitrogen and oxygen atoms in total. The number of nitrogens with one attached hydrogen (secondary N) is 1. The molecule has 0 spiro atoms. The summed E-state index contributed by atoms with van der Waals surface area (Å²) in [6.07, 6.45) is 0. The number of aromatic nitrogens is 1. The largest absolute Gasteiger partial charge is 0.508 e. The molecule has 3 aromatic rings. The number of aromatic hydroxyl groups is 1. The number of carbonyl (C=O) groups is 1. The van der Waals surface area contributed by atoms with Gasteiger partial charge in [-0.15, -0.1) is 0 Å². The van der Waals surface area contributed by atoms with Crippen LogP contribution in [0.3, 0.4) is 0 Å². The van der Waals surface area contributed by atoms with E-state index in [1.165, 1.54) is 30.3 Å². The summed E-state index contributed by atoms with van der Waals surface area (Å²) in [6, 6.07) is 10.1. The SMILES string of the molecule is O=C(O)c1ccc(-c2cc(=O)c3cc(O)ccc3[nH]2)c(Cl)c1. The number of pyridine rings is 1. The topological polar surface area (TPSA) is 90.4 Å². The van der Waals surface area contributed by atoms with E-state index in [2.05, 4.69) is 4.98 Å². The molecule has 0 atom stereocenters. The third-order valence-corrected chi connectivity index (χ3v) is 3.63. The van der Waals surface area contributed by atoms with E-state index in [1.54, 1.807) is 12.1 Å². The third kappa shape index (κ3) is 2.42. The Labute approximate surface area is 129 Å². The first-order chi connectivity index (χ1) is 10.5. The lowest BCUT2D eigenvalue weighted by molar-refractivity contribution is 0.0697. The number of benzene rings is 2. The number of carboxylic acid groups (broad SMARTS) is 1. The summed E-state index contributed by atoms with van der Waals surface area (Å²) in [5.74, 6) is -1.06. The molecule has 0 radical (unpaired) electrons. The second-order valence-corrected chi connectivity index (χ2v) is 5.18. The molecule has 0 saturated heterocycles. The van der Waals surface area contributed by atoms with E-state index in [9.17, 15) is 14.7 Å². The summed E-state index contributed by atoms with van der Waals surface area (Å²) < 4.78 is 0. The van der Waals surface area contributed by atoms with Crippen molar-refractivity contribution in [1.29, 1.82) is 0 Å². The fraction of sp³-hybridized carbons (Fsp3) is 0. The van der Waals surface area contributed by atoms with Crippen LogP contribution in [0.2, 0.25) is 5.02 Å². The zero-order valence-corrected chi connectivity index (χ0v) is 11.9. The maximum Gasteiger partial charge on any atom is 0.335 e. The second-order valence-electron chi connectivity index (χ2n) is 4.78. The molecule has 0 aliphatic heterocycles. The second kappa shape index (κ2) is 5.20. The van der Waals surface area contributed by atoms with Crippen molar-refractivity contribution >= 4 is 28.5 Å². The number of hydrogen-bond donors (Lipinski definition) is 3. The van der Waals surface area contributed by atoms with Crippen LogP contribution in [-0.4, -0.2) is 21.2 Å². The fourth-order valence-electron chi connectivity index (χ4n) is 2.25. The van der Waals surface area contributed by atoms with E-state index >= 15 is 0 Å². The highest BCUT2D eigenvalue weighted by molar-refractivity contribution is 6.33. The molecular formula is C16H10ClNO4. The highest BCUT2D eigenvalue weighted by Gasteiger charge is 2.11. The van der Waals surface area contributed by atoms with Gasteiger partial charge in [-0.3, -0.25) is 4.79 Å². The van der Waals surface area contributed by atoms with Crippen molar-refractivity contribution in [1.82, 2.24) is 4.98 Å². The molecule has 0 bridgehead atoms. The Balaban J connectivity index is 2.21. The normalized spacial score (nSPS) is 10.8. The quantitative estimate of drug-likeness (QED) is 0.677. The molecule has 0 aliphatic rings. The molecule has 0 unspecified atom stereocenters. The van der Waals surface area contributed by atoms with Gasteiger partial charge in [-0.25, -0.2) is 4.79 Å². The summed E-state index contributed by atoms with van der Waals surface area (Å²) in [6.45, 7) is 0. The van der Waals surface area contributed by atoms with Crippen molar-refractivity contribution in [2.24, 2.45) is 0 Å². The van der Waals surface area contributed by atoms with Gasteiger partial charge in [0.25, 0.3) is 0 Å². The van der Waals surface area contributed by atoms with E-state index < -0.39 is 5.97 Å². The Kier molecular flexibility index (Phi) is 3.35. The van der Waals surface area contributed by atoms with Crippen LogP contribution in [0.15, 0.2) is 47.3 Å². The van der Waals surface area contributed by atoms with Crippen molar-refractivity contribution < 1.29 is 15.0 Å². The van der Waals surface area contributed by atoms with Gasteiger partial charge in [0.1, 0.15) is 5.75 Å². The Morgan fingerprint density at radius 3 is 2.55 bits per heavy atom. The van der Waals surface area contributed by atoms with Gasteiger partial charge in [-0.2, -0.15) is 0 Å². The summed E-state index contributed by atoms with van der Waals surface area (Å²) in [5.41, 5.74) is 1.36. The van der Waals surface area contributed by atoms with Gasteiger partial charge in [-0.05, 0) is 30.3 Å². The number of aromatic amines is 1. The van der Waals surface area contributed by atoms with Crippen molar-refractivity contribution in [2.75, 3.05) is 0 Å². The van der Waals surface area contributed by atoms with Crippen LogP contribution >= 0.6 is 11.6 Å². The minimum Gasteiger partial charge on any atom is -0.508 e. The maximum absolute atomic E-state index is 12.1. The van der Waals surface area contributed by atoms with Crippen molar-refractivity contribution in [2.45, 2.75) is 0 Å². The minimum atomic E-state index is -1.07. The molecule has 1 heterocycles. The molecule has 0 fully saturated rings. The zero-order valence-electron chi connectivity index (χ0n) is 11.1. The highest BCUT2D eigenvalue weighted by Crippen LogP contribution is 2.28. The number of H-pyrrole nitrogens is 1. The lowest BCUT2D eigenvalue weighted by Crippen LogP contribution is -2.03. The predicted molar refractivity (Wildman–Crippen MR) is 83.6 cm³/mol. The highest BCUT2D eigenvalue weighted by atomic mass is 35.5. The maximum atomic E-state index is 12.1. The number of halogens is 1. The van der Waals surface area contributed by atoms with Crippen LogP contribution in [0.25, 0.3) is 22.2 Å². The molecule has 1 aromatic heterocycles. The molecule has 0 saturated carbocycles. The Morgan fingerprint density at radius 2 is 1.86 bits per heavy atom. The molecular weight excluding hydrogens is 306 g/mol. The molecule has 3 N–H and O–H groups in total. The zero-order chi connectivity index (χ0) is 15.9. The fourth-order valence-corrected chi connectivity index (χ4v) is 2.53. The van der Waals surface area contributed by atoms with Gasteiger partial charge < -0.3 is 15.2 Å². The van der Waals surface area contributed by atoms with Crippen molar-refractivity contribution in [3.63, 3.8) is 0 Å². The van der Waals surface area contributed by atoms with Crippen LogP contribution in [0, 0.1) is 0 Å².